The maximum Gasteiger partial charge on any atom is 0.254 e. The zero-order chi connectivity index (χ0) is 24.2. The largest absolute Gasteiger partial charge is 0.378 e. The molecular formula is C27H25FN4O2S. The number of ether oxygens (including phenoxy) is 1. The molecule has 0 spiro atoms. The molecule has 3 aromatic carbocycles. The Morgan fingerprint density at radius 2 is 1.74 bits per heavy atom. The van der Waals surface area contributed by atoms with Crippen LogP contribution in [-0.2, 0) is 10.5 Å². The lowest BCUT2D eigenvalue weighted by molar-refractivity contribution is 0.0303. The van der Waals surface area contributed by atoms with Gasteiger partial charge in [-0.15, -0.1) is 10.2 Å². The number of benzene rings is 3. The Balaban J connectivity index is 1.41. The number of hydrogen-bond donors (Lipinski definition) is 0. The molecule has 6 nitrogen and oxygen atoms in total. The summed E-state index contributed by atoms with van der Waals surface area (Å²) in [6, 6.07) is 22.1. The minimum Gasteiger partial charge on any atom is -0.378 e. The lowest BCUT2D eigenvalue weighted by Crippen LogP contribution is -2.40. The van der Waals surface area contributed by atoms with Crippen LogP contribution in [0.3, 0.4) is 0 Å². The number of aromatic nitrogens is 3. The van der Waals surface area contributed by atoms with Crippen LogP contribution in [0.15, 0.2) is 78.0 Å². The third kappa shape index (κ3) is 5.28. The SMILES string of the molecule is Cc1ccc(-c2nnc(SCc3cccc(C(=O)N4CCOCC4)c3)n2-c2ccc(F)cc2)cc1. The first-order chi connectivity index (χ1) is 17.1. The highest BCUT2D eigenvalue weighted by atomic mass is 32.2. The molecule has 8 heteroatoms. The van der Waals surface area contributed by atoms with Gasteiger partial charge >= 0.3 is 0 Å². The molecule has 1 aliphatic heterocycles. The lowest BCUT2D eigenvalue weighted by Gasteiger charge is -2.27. The van der Waals surface area contributed by atoms with E-state index < -0.39 is 0 Å². The van der Waals surface area contributed by atoms with E-state index in [1.54, 1.807) is 12.1 Å². The third-order valence-electron chi connectivity index (χ3n) is 5.87. The number of carbonyl (C=O) groups excluding carboxylic acids is 1. The van der Waals surface area contributed by atoms with Crippen molar-refractivity contribution in [3.05, 3.63) is 95.3 Å². The summed E-state index contributed by atoms with van der Waals surface area (Å²) in [5.41, 5.74) is 4.55. The normalized spacial score (nSPS) is 13.7. The molecule has 0 unspecified atom stereocenters. The predicted molar refractivity (Wildman–Crippen MR) is 134 cm³/mol. The smallest absolute Gasteiger partial charge is 0.254 e. The van der Waals surface area contributed by atoms with Gasteiger partial charge in [-0.2, -0.15) is 0 Å². The number of thioether (sulfide) groups is 1. The second kappa shape index (κ2) is 10.4. The topological polar surface area (TPSA) is 60.3 Å². The highest BCUT2D eigenvalue weighted by Crippen LogP contribution is 2.30. The summed E-state index contributed by atoms with van der Waals surface area (Å²) in [5.74, 6) is 1.03. The lowest BCUT2D eigenvalue weighted by atomic mass is 10.1. The van der Waals surface area contributed by atoms with E-state index in [0.717, 1.165) is 22.4 Å². The van der Waals surface area contributed by atoms with Crippen LogP contribution in [0.4, 0.5) is 4.39 Å². The molecule has 5 rings (SSSR count). The number of nitrogens with zero attached hydrogens (tertiary/aromatic N) is 4. The van der Waals surface area contributed by atoms with Gasteiger partial charge in [-0.05, 0) is 48.9 Å². The molecule has 0 aliphatic carbocycles. The van der Waals surface area contributed by atoms with Gasteiger partial charge in [0.15, 0.2) is 11.0 Å². The first kappa shape index (κ1) is 23.3. The summed E-state index contributed by atoms with van der Waals surface area (Å²) in [5, 5.41) is 9.60. The summed E-state index contributed by atoms with van der Waals surface area (Å²) in [4.78, 5) is 14.7. The van der Waals surface area contributed by atoms with E-state index in [2.05, 4.69) is 10.2 Å². The van der Waals surface area contributed by atoms with E-state index in [4.69, 9.17) is 4.74 Å². The highest BCUT2D eigenvalue weighted by molar-refractivity contribution is 7.98. The summed E-state index contributed by atoms with van der Waals surface area (Å²) < 4.78 is 20.9. The van der Waals surface area contributed by atoms with Crippen molar-refractivity contribution < 1.29 is 13.9 Å². The van der Waals surface area contributed by atoms with Crippen LogP contribution in [0.2, 0.25) is 0 Å². The van der Waals surface area contributed by atoms with Crippen LogP contribution in [0.1, 0.15) is 21.5 Å². The summed E-state index contributed by atoms with van der Waals surface area (Å²) in [7, 11) is 0. The van der Waals surface area contributed by atoms with E-state index in [1.165, 1.54) is 23.9 Å². The van der Waals surface area contributed by atoms with Gasteiger partial charge in [-0.3, -0.25) is 9.36 Å². The van der Waals surface area contributed by atoms with Crippen molar-refractivity contribution in [2.24, 2.45) is 0 Å². The molecule has 0 bridgehead atoms. The van der Waals surface area contributed by atoms with Crippen LogP contribution in [0.25, 0.3) is 17.1 Å². The van der Waals surface area contributed by atoms with Crippen molar-refractivity contribution in [1.29, 1.82) is 0 Å². The fourth-order valence-corrected chi connectivity index (χ4v) is 4.86. The van der Waals surface area contributed by atoms with E-state index in [1.807, 2.05) is 64.9 Å². The van der Waals surface area contributed by atoms with Crippen LogP contribution < -0.4 is 0 Å². The Hall–Kier alpha value is -3.49. The maximum absolute atomic E-state index is 13.6. The summed E-state index contributed by atoms with van der Waals surface area (Å²) in [6.45, 7) is 4.40. The Bertz CT molecular complexity index is 1320. The van der Waals surface area contributed by atoms with Crippen molar-refractivity contribution in [2.45, 2.75) is 17.8 Å². The molecule has 0 atom stereocenters. The molecule has 0 N–H and O–H groups in total. The van der Waals surface area contributed by atoms with Gasteiger partial charge in [0.1, 0.15) is 5.82 Å². The monoisotopic (exact) mass is 488 g/mol. The molecule has 2 heterocycles. The number of morpholine rings is 1. The van der Waals surface area contributed by atoms with Crippen molar-refractivity contribution in [2.75, 3.05) is 26.3 Å². The Labute approximate surface area is 207 Å². The van der Waals surface area contributed by atoms with E-state index in [-0.39, 0.29) is 11.7 Å². The predicted octanol–water partition coefficient (Wildman–Crippen LogP) is 5.15. The number of rotatable bonds is 6. The fourth-order valence-electron chi connectivity index (χ4n) is 3.97. The van der Waals surface area contributed by atoms with Gasteiger partial charge in [-0.1, -0.05) is 53.7 Å². The molecule has 1 aliphatic rings. The Morgan fingerprint density at radius 3 is 2.49 bits per heavy atom. The number of carbonyl (C=O) groups is 1. The van der Waals surface area contributed by atoms with Gasteiger partial charge in [0.05, 0.1) is 13.2 Å². The number of amides is 1. The molecule has 0 radical (unpaired) electrons. The van der Waals surface area contributed by atoms with Crippen molar-refractivity contribution in [1.82, 2.24) is 19.7 Å². The second-order valence-electron chi connectivity index (χ2n) is 8.38. The molecule has 0 saturated carbocycles. The summed E-state index contributed by atoms with van der Waals surface area (Å²) in [6.07, 6.45) is 0. The zero-order valence-corrected chi connectivity index (χ0v) is 20.2. The minimum absolute atomic E-state index is 0.0243. The van der Waals surface area contributed by atoms with Crippen LogP contribution >= 0.6 is 11.8 Å². The fraction of sp³-hybridized carbons (Fsp3) is 0.222. The third-order valence-corrected chi connectivity index (χ3v) is 6.87. The van der Waals surface area contributed by atoms with E-state index >= 15 is 0 Å². The van der Waals surface area contributed by atoms with Crippen molar-refractivity contribution >= 4 is 17.7 Å². The molecule has 1 amide bonds. The first-order valence-corrected chi connectivity index (χ1v) is 12.4. The first-order valence-electron chi connectivity index (χ1n) is 11.5. The summed E-state index contributed by atoms with van der Waals surface area (Å²) >= 11 is 1.52. The van der Waals surface area contributed by atoms with Crippen LogP contribution in [0.5, 0.6) is 0 Å². The molecule has 178 valence electrons. The van der Waals surface area contributed by atoms with Crippen LogP contribution in [-0.4, -0.2) is 51.9 Å². The van der Waals surface area contributed by atoms with Crippen LogP contribution in [0, 0.1) is 12.7 Å². The zero-order valence-electron chi connectivity index (χ0n) is 19.4. The molecule has 35 heavy (non-hydrogen) atoms. The molecule has 1 fully saturated rings. The average Bonchev–Trinajstić information content (AvgIpc) is 3.32. The van der Waals surface area contributed by atoms with Gasteiger partial charge in [0.25, 0.3) is 5.91 Å². The average molecular weight is 489 g/mol. The van der Waals surface area contributed by atoms with Crippen molar-refractivity contribution in [3.63, 3.8) is 0 Å². The van der Waals surface area contributed by atoms with Gasteiger partial charge in [0, 0.05) is 35.7 Å². The standard InChI is InChI=1S/C27H25FN4O2S/c1-19-5-7-21(8-6-19)25-29-30-27(32(25)24-11-9-23(28)10-12-24)35-18-20-3-2-4-22(17-20)26(33)31-13-15-34-16-14-31/h2-12,17H,13-16,18H2,1H3. The number of aryl methyl sites for hydroxylation is 1. The quantitative estimate of drug-likeness (QED) is 0.352. The maximum atomic E-state index is 13.6. The number of halogens is 1. The highest BCUT2D eigenvalue weighted by Gasteiger charge is 2.20. The second-order valence-corrected chi connectivity index (χ2v) is 9.32. The minimum atomic E-state index is -0.297. The molecule has 4 aromatic rings. The van der Waals surface area contributed by atoms with Gasteiger partial charge < -0.3 is 9.64 Å². The van der Waals surface area contributed by atoms with E-state index in [0.29, 0.717) is 48.6 Å². The van der Waals surface area contributed by atoms with Crippen molar-refractivity contribution in [3.8, 4) is 17.1 Å². The Morgan fingerprint density at radius 1 is 1.00 bits per heavy atom. The Kier molecular flexibility index (Phi) is 6.92. The molecule has 1 saturated heterocycles. The molecular weight excluding hydrogens is 463 g/mol. The molecule has 1 aromatic heterocycles. The van der Waals surface area contributed by atoms with Gasteiger partial charge in [0.2, 0.25) is 0 Å². The number of hydrogen-bond acceptors (Lipinski definition) is 5. The van der Waals surface area contributed by atoms with E-state index in [9.17, 15) is 9.18 Å². The van der Waals surface area contributed by atoms with Gasteiger partial charge in [-0.25, -0.2) is 4.39 Å².